The van der Waals surface area contributed by atoms with Gasteiger partial charge in [0.1, 0.15) is 0 Å². The van der Waals surface area contributed by atoms with Crippen LogP contribution in [0, 0.1) is 5.92 Å². The second-order valence-corrected chi connectivity index (χ2v) is 4.45. The Balaban J connectivity index is 1.92. The molecule has 2 heterocycles. The van der Waals surface area contributed by atoms with E-state index in [0.717, 1.165) is 18.5 Å². The van der Waals surface area contributed by atoms with Gasteiger partial charge in [0.05, 0.1) is 0 Å². The van der Waals surface area contributed by atoms with E-state index in [9.17, 15) is 0 Å². The number of nitrogens with zero attached hydrogens (tertiary/aromatic N) is 2. The van der Waals surface area contributed by atoms with Crippen LogP contribution >= 0.6 is 11.6 Å². The van der Waals surface area contributed by atoms with Crippen molar-refractivity contribution in [2.45, 2.75) is 12.5 Å². The highest BCUT2D eigenvalue weighted by atomic mass is 35.5. The molecule has 0 N–H and O–H groups in total. The number of halogens is 1. The lowest BCUT2D eigenvalue weighted by molar-refractivity contribution is 0.258. The minimum atomic E-state index is 0.790. The molecule has 0 aromatic carbocycles. The van der Waals surface area contributed by atoms with Crippen LogP contribution in [-0.4, -0.2) is 49.1 Å². The fraction of sp³-hybridized carbons (Fsp3) is 0.800. The lowest BCUT2D eigenvalue weighted by Gasteiger charge is -2.21. The molecule has 0 aliphatic carbocycles. The van der Waals surface area contributed by atoms with Gasteiger partial charge in [0, 0.05) is 31.2 Å². The van der Waals surface area contributed by atoms with Gasteiger partial charge in [0.25, 0.3) is 0 Å². The Bertz CT molecular complexity index is 205. The van der Waals surface area contributed by atoms with Crippen LogP contribution in [0.25, 0.3) is 0 Å². The average molecular weight is 201 g/mol. The minimum absolute atomic E-state index is 0.790. The van der Waals surface area contributed by atoms with E-state index in [1.54, 1.807) is 5.54 Å². The topological polar surface area (TPSA) is 6.48 Å². The summed E-state index contributed by atoms with van der Waals surface area (Å²) in [5.41, 5.74) is 1.63. The summed E-state index contributed by atoms with van der Waals surface area (Å²) in [4.78, 5) is 4.99. The summed E-state index contributed by atoms with van der Waals surface area (Å²) in [6, 6.07) is 0.790. The van der Waals surface area contributed by atoms with E-state index in [1.807, 2.05) is 6.08 Å². The molecule has 0 saturated carbocycles. The van der Waals surface area contributed by atoms with Gasteiger partial charge in [0.2, 0.25) is 0 Å². The molecule has 2 atom stereocenters. The maximum Gasteiger partial charge on any atom is 0.0267 e. The smallest absolute Gasteiger partial charge is 0.0267 e. The number of likely N-dealkylation sites (tertiary alicyclic amines) is 2. The molecule has 3 heteroatoms. The van der Waals surface area contributed by atoms with Crippen LogP contribution in [0.3, 0.4) is 0 Å². The van der Waals surface area contributed by atoms with E-state index in [-0.39, 0.29) is 0 Å². The fourth-order valence-electron chi connectivity index (χ4n) is 2.66. The first-order valence-corrected chi connectivity index (χ1v) is 5.42. The van der Waals surface area contributed by atoms with Gasteiger partial charge >= 0.3 is 0 Å². The average Bonchev–Trinajstić information content (AvgIpc) is 2.61. The zero-order chi connectivity index (χ0) is 9.26. The van der Waals surface area contributed by atoms with Crippen LogP contribution in [0.5, 0.6) is 0 Å². The van der Waals surface area contributed by atoms with Crippen molar-refractivity contribution < 1.29 is 0 Å². The van der Waals surface area contributed by atoms with Crippen molar-refractivity contribution in [1.29, 1.82) is 0 Å². The predicted octanol–water partition coefficient (Wildman–Crippen LogP) is 1.37. The van der Waals surface area contributed by atoms with Crippen molar-refractivity contribution >= 4 is 11.6 Å². The van der Waals surface area contributed by atoms with Crippen LogP contribution in [0.2, 0.25) is 0 Å². The molecule has 0 aromatic rings. The van der Waals surface area contributed by atoms with Gasteiger partial charge in [-0.3, -0.25) is 4.90 Å². The van der Waals surface area contributed by atoms with Crippen LogP contribution in [0.1, 0.15) is 6.42 Å². The second-order valence-electron chi connectivity index (χ2n) is 4.19. The molecule has 2 aliphatic rings. The van der Waals surface area contributed by atoms with Gasteiger partial charge in [-0.25, -0.2) is 0 Å². The Morgan fingerprint density at radius 3 is 3.08 bits per heavy atom. The lowest BCUT2D eigenvalue weighted by Crippen LogP contribution is -2.34. The Kier molecular flexibility index (Phi) is 2.92. The third-order valence-corrected chi connectivity index (χ3v) is 3.45. The van der Waals surface area contributed by atoms with Crippen LogP contribution < -0.4 is 0 Å². The molecule has 2 aliphatic heterocycles. The highest BCUT2D eigenvalue weighted by Crippen LogP contribution is 2.30. The Labute approximate surface area is 85.1 Å². The Morgan fingerprint density at radius 2 is 2.31 bits per heavy atom. The molecule has 0 bridgehead atoms. The molecule has 74 valence electrons. The van der Waals surface area contributed by atoms with Crippen molar-refractivity contribution in [2.75, 3.05) is 33.2 Å². The van der Waals surface area contributed by atoms with Gasteiger partial charge in [-0.1, -0.05) is 17.7 Å². The predicted molar refractivity (Wildman–Crippen MR) is 56.0 cm³/mol. The van der Waals surface area contributed by atoms with Crippen molar-refractivity contribution in [3.63, 3.8) is 0 Å². The number of hydrogen-bond acceptors (Lipinski definition) is 2. The third-order valence-electron chi connectivity index (χ3n) is 3.27. The summed E-state index contributed by atoms with van der Waals surface area (Å²) in [7, 11) is 2.22. The van der Waals surface area contributed by atoms with E-state index in [1.165, 1.54) is 26.1 Å². The summed E-state index contributed by atoms with van der Waals surface area (Å²) >= 11 is 5.53. The molecule has 0 radical (unpaired) electrons. The molecule has 0 spiro atoms. The highest BCUT2D eigenvalue weighted by molar-refractivity contribution is 6.25. The minimum Gasteiger partial charge on any atom is -0.304 e. The van der Waals surface area contributed by atoms with Crippen LogP contribution in [0.4, 0.5) is 0 Å². The zero-order valence-corrected chi connectivity index (χ0v) is 8.87. The first-order chi connectivity index (χ1) is 6.31. The maximum atomic E-state index is 5.53. The molecule has 2 nitrogen and oxygen atoms in total. The second kappa shape index (κ2) is 3.99. The number of rotatable bonds is 2. The standard InChI is InChI=1S/C10H17ClN2/c1-12-7-9-3-6-13(5-2-4-11)10(9)8-12/h2,4,9-10H,3,5-8H2,1H3/b4-2+. The van der Waals surface area contributed by atoms with E-state index in [0.29, 0.717) is 0 Å². The molecular weight excluding hydrogens is 184 g/mol. The maximum absolute atomic E-state index is 5.53. The molecule has 0 aromatic heterocycles. The monoisotopic (exact) mass is 200 g/mol. The molecule has 13 heavy (non-hydrogen) atoms. The van der Waals surface area contributed by atoms with Crippen molar-refractivity contribution in [1.82, 2.24) is 9.80 Å². The molecule has 2 saturated heterocycles. The summed E-state index contributed by atoms with van der Waals surface area (Å²) < 4.78 is 0. The first-order valence-electron chi connectivity index (χ1n) is 4.99. The van der Waals surface area contributed by atoms with E-state index in [2.05, 4.69) is 16.8 Å². The molecule has 2 rings (SSSR count). The molecular formula is C10H17ClN2. The van der Waals surface area contributed by atoms with E-state index in [4.69, 9.17) is 11.6 Å². The number of hydrogen-bond donors (Lipinski definition) is 0. The quantitative estimate of drug-likeness (QED) is 0.665. The van der Waals surface area contributed by atoms with Gasteiger partial charge in [-0.05, 0) is 25.9 Å². The zero-order valence-electron chi connectivity index (χ0n) is 8.12. The Morgan fingerprint density at radius 1 is 1.46 bits per heavy atom. The first kappa shape index (κ1) is 9.50. The van der Waals surface area contributed by atoms with Gasteiger partial charge in [0.15, 0.2) is 0 Å². The molecule has 2 unspecified atom stereocenters. The lowest BCUT2D eigenvalue weighted by atomic mass is 10.1. The van der Waals surface area contributed by atoms with Crippen LogP contribution in [-0.2, 0) is 0 Å². The third kappa shape index (κ3) is 1.90. The normalized spacial score (nSPS) is 36.2. The number of fused-ring (bicyclic) bond motifs is 1. The van der Waals surface area contributed by atoms with E-state index < -0.39 is 0 Å². The summed E-state index contributed by atoms with van der Waals surface area (Å²) in [5, 5.41) is 0. The van der Waals surface area contributed by atoms with Crippen molar-refractivity contribution in [3.8, 4) is 0 Å². The van der Waals surface area contributed by atoms with E-state index >= 15 is 0 Å². The SMILES string of the molecule is CN1CC2CCN(C/C=C/Cl)C2C1. The summed E-state index contributed by atoms with van der Waals surface area (Å²) in [6.07, 6.45) is 3.41. The molecule has 0 amide bonds. The summed E-state index contributed by atoms with van der Waals surface area (Å²) in [6.45, 7) is 4.80. The summed E-state index contributed by atoms with van der Waals surface area (Å²) in [5.74, 6) is 0.911. The van der Waals surface area contributed by atoms with Gasteiger partial charge < -0.3 is 4.90 Å². The van der Waals surface area contributed by atoms with Crippen molar-refractivity contribution in [3.05, 3.63) is 11.6 Å². The van der Waals surface area contributed by atoms with Gasteiger partial charge in [-0.15, -0.1) is 0 Å². The van der Waals surface area contributed by atoms with Crippen molar-refractivity contribution in [2.24, 2.45) is 5.92 Å². The molecule has 2 fully saturated rings. The van der Waals surface area contributed by atoms with Crippen LogP contribution in [0.15, 0.2) is 11.6 Å². The largest absolute Gasteiger partial charge is 0.304 e. The highest BCUT2D eigenvalue weighted by Gasteiger charge is 2.39. The fourth-order valence-corrected chi connectivity index (χ4v) is 2.74. The van der Waals surface area contributed by atoms with Gasteiger partial charge in [-0.2, -0.15) is 0 Å². The number of likely N-dealkylation sites (N-methyl/N-ethyl adjacent to an activating group) is 1. The Hall–Kier alpha value is -0.0500.